The third kappa shape index (κ3) is 2.25. The van der Waals surface area contributed by atoms with Gasteiger partial charge in [0.15, 0.2) is 0 Å². The van der Waals surface area contributed by atoms with E-state index in [1.54, 1.807) is 4.31 Å². The predicted molar refractivity (Wildman–Crippen MR) is 61.5 cm³/mol. The van der Waals surface area contributed by atoms with E-state index in [4.69, 9.17) is 10.5 Å². The first-order chi connectivity index (χ1) is 7.66. The highest BCUT2D eigenvalue weighted by atomic mass is 32.2. The zero-order valence-electron chi connectivity index (χ0n) is 9.47. The standard InChI is InChI=1S/C10H20N2O3S/c11-7-9-8-15-6-5-12(9)16(13,14)10-3-1-2-4-10/h9-10H,1-8,11H2. The Morgan fingerprint density at radius 1 is 1.31 bits per heavy atom. The van der Waals surface area contributed by atoms with Crippen LogP contribution in [0.1, 0.15) is 25.7 Å². The first kappa shape index (κ1) is 12.3. The van der Waals surface area contributed by atoms with E-state index >= 15 is 0 Å². The first-order valence-electron chi connectivity index (χ1n) is 5.94. The molecule has 0 radical (unpaired) electrons. The Morgan fingerprint density at radius 3 is 2.62 bits per heavy atom. The topological polar surface area (TPSA) is 72.6 Å². The summed E-state index contributed by atoms with van der Waals surface area (Å²) in [7, 11) is -3.15. The van der Waals surface area contributed by atoms with Crippen LogP contribution in [0.25, 0.3) is 0 Å². The molecular formula is C10H20N2O3S. The summed E-state index contributed by atoms with van der Waals surface area (Å²) in [5, 5.41) is -0.181. The van der Waals surface area contributed by atoms with Crippen LogP contribution in [0, 0.1) is 0 Å². The van der Waals surface area contributed by atoms with Crippen LogP contribution in [0.15, 0.2) is 0 Å². The zero-order chi connectivity index (χ0) is 11.6. The Balaban J connectivity index is 2.13. The zero-order valence-corrected chi connectivity index (χ0v) is 10.3. The number of nitrogens with two attached hydrogens (primary N) is 1. The molecule has 1 saturated carbocycles. The summed E-state index contributed by atoms with van der Waals surface area (Å²) in [6.45, 7) is 1.72. The van der Waals surface area contributed by atoms with Gasteiger partial charge in [0.25, 0.3) is 0 Å². The fourth-order valence-electron chi connectivity index (χ4n) is 2.54. The molecule has 1 aliphatic heterocycles. The molecule has 2 fully saturated rings. The van der Waals surface area contributed by atoms with Crippen molar-refractivity contribution in [3.8, 4) is 0 Å². The third-order valence-corrected chi connectivity index (χ3v) is 5.94. The molecule has 1 heterocycles. The van der Waals surface area contributed by atoms with E-state index in [-0.39, 0.29) is 11.3 Å². The minimum Gasteiger partial charge on any atom is -0.378 e. The Hall–Kier alpha value is -0.170. The Morgan fingerprint density at radius 2 is 2.00 bits per heavy atom. The van der Waals surface area contributed by atoms with Gasteiger partial charge in [-0.05, 0) is 12.8 Å². The average Bonchev–Trinajstić information content (AvgIpc) is 2.83. The second kappa shape index (κ2) is 5.00. The number of hydrogen-bond acceptors (Lipinski definition) is 4. The number of morpholine rings is 1. The van der Waals surface area contributed by atoms with Crippen LogP contribution in [0.3, 0.4) is 0 Å². The van der Waals surface area contributed by atoms with E-state index in [1.165, 1.54) is 0 Å². The van der Waals surface area contributed by atoms with Crippen LogP contribution in [0.2, 0.25) is 0 Å². The van der Waals surface area contributed by atoms with E-state index < -0.39 is 10.0 Å². The fourth-order valence-corrected chi connectivity index (χ4v) is 4.74. The van der Waals surface area contributed by atoms with Crippen molar-refractivity contribution in [1.29, 1.82) is 0 Å². The van der Waals surface area contributed by atoms with E-state index in [0.29, 0.717) is 26.3 Å². The summed E-state index contributed by atoms with van der Waals surface area (Å²) < 4.78 is 31.6. The lowest BCUT2D eigenvalue weighted by Crippen LogP contribution is -2.54. The molecule has 2 N–H and O–H groups in total. The van der Waals surface area contributed by atoms with Gasteiger partial charge in [-0.15, -0.1) is 0 Å². The minimum atomic E-state index is -3.15. The predicted octanol–water partition coefficient (Wildman–Crippen LogP) is -0.0817. The lowest BCUT2D eigenvalue weighted by molar-refractivity contribution is 0.0354. The molecule has 0 aromatic heterocycles. The van der Waals surface area contributed by atoms with E-state index in [9.17, 15) is 8.42 Å². The maximum atomic E-state index is 12.4. The maximum Gasteiger partial charge on any atom is 0.217 e. The molecule has 0 aromatic carbocycles. The molecule has 1 saturated heterocycles. The molecule has 16 heavy (non-hydrogen) atoms. The van der Waals surface area contributed by atoms with E-state index in [2.05, 4.69) is 0 Å². The van der Waals surface area contributed by atoms with Gasteiger partial charge in [0, 0.05) is 13.1 Å². The number of nitrogens with zero attached hydrogens (tertiary/aromatic N) is 1. The number of ether oxygens (including phenoxy) is 1. The lowest BCUT2D eigenvalue weighted by atomic mass is 10.3. The van der Waals surface area contributed by atoms with Crippen LogP contribution in [-0.2, 0) is 14.8 Å². The van der Waals surface area contributed by atoms with Gasteiger partial charge in [0.1, 0.15) is 0 Å². The van der Waals surface area contributed by atoms with Gasteiger partial charge in [0.2, 0.25) is 10.0 Å². The fraction of sp³-hybridized carbons (Fsp3) is 1.00. The summed E-state index contributed by atoms with van der Waals surface area (Å²) in [5.41, 5.74) is 5.60. The molecule has 0 spiro atoms. The molecule has 6 heteroatoms. The monoisotopic (exact) mass is 248 g/mol. The summed E-state index contributed by atoms with van der Waals surface area (Å²) in [6, 6.07) is -0.167. The second-order valence-corrected chi connectivity index (χ2v) is 6.69. The van der Waals surface area contributed by atoms with Gasteiger partial charge < -0.3 is 10.5 Å². The van der Waals surface area contributed by atoms with Crippen molar-refractivity contribution in [3.63, 3.8) is 0 Å². The average molecular weight is 248 g/mol. The van der Waals surface area contributed by atoms with E-state index in [1.807, 2.05) is 0 Å². The van der Waals surface area contributed by atoms with Gasteiger partial charge in [0.05, 0.1) is 24.5 Å². The van der Waals surface area contributed by atoms with Crippen molar-refractivity contribution in [2.75, 3.05) is 26.3 Å². The largest absolute Gasteiger partial charge is 0.378 e. The molecule has 0 amide bonds. The lowest BCUT2D eigenvalue weighted by Gasteiger charge is -2.35. The highest BCUT2D eigenvalue weighted by molar-refractivity contribution is 7.89. The summed E-state index contributed by atoms with van der Waals surface area (Å²) in [4.78, 5) is 0. The van der Waals surface area contributed by atoms with Gasteiger partial charge >= 0.3 is 0 Å². The van der Waals surface area contributed by atoms with Crippen LogP contribution < -0.4 is 5.73 Å². The molecule has 1 aliphatic carbocycles. The molecule has 0 aromatic rings. The van der Waals surface area contributed by atoms with Crippen LogP contribution in [-0.4, -0.2) is 50.3 Å². The maximum absolute atomic E-state index is 12.4. The summed E-state index contributed by atoms with van der Waals surface area (Å²) >= 11 is 0. The van der Waals surface area contributed by atoms with Crippen molar-refractivity contribution in [3.05, 3.63) is 0 Å². The molecule has 2 rings (SSSR count). The normalized spacial score (nSPS) is 29.7. The molecule has 2 aliphatic rings. The highest BCUT2D eigenvalue weighted by Gasteiger charge is 2.38. The second-order valence-electron chi connectivity index (χ2n) is 4.53. The number of rotatable bonds is 3. The highest BCUT2D eigenvalue weighted by Crippen LogP contribution is 2.28. The van der Waals surface area contributed by atoms with Crippen LogP contribution in [0.5, 0.6) is 0 Å². The van der Waals surface area contributed by atoms with Gasteiger partial charge in [-0.3, -0.25) is 0 Å². The Bertz CT molecular complexity index is 325. The molecule has 5 nitrogen and oxygen atoms in total. The van der Waals surface area contributed by atoms with E-state index in [0.717, 1.165) is 25.7 Å². The molecule has 1 atom stereocenters. The smallest absolute Gasteiger partial charge is 0.217 e. The Kier molecular flexibility index (Phi) is 3.84. The van der Waals surface area contributed by atoms with Crippen molar-refractivity contribution in [1.82, 2.24) is 4.31 Å². The molecular weight excluding hydrogens is 228 g/mol. The van der Waals surface area contributed by atoms with Crippen molar-refractivity contribution in [2.45, 2.75) is 37.0 Å². The van der Waals surface area contributed by atoms with Gasteiger partial charge in [-0.1, -0.05) is 12.8 Å². The third-order valence-electron chi connectivity index (χ3n) is 3.50. The molecule has 0 bridgehead atoms. The SMILES string of the molecule is NCC1COCCN1S(=O)(=O)C1CCCC1. The quantitative estimate of drug-likeness (QED) is 0.758. The number of hydrogen-bond donors (Lipinski definition) is 1. The van der Waals surface area contributed by atoms with Crippen LogP contribution >= 0.6 is 0 Å². The molecule has 94 valence electrons. The molecule has 1 unspecified atom stereocenters. The summed E-state index contributed by atoms with van der Waals surface area (Å²) in [6.07, 6.45) is 3.66. The first-order valence-corrected chi connectivity index (χ1v) is 7.45. The van der Waals surface area contributed by atoms with Crippen molar-refractivity contribution >= 4 is 10.0 Å². The van der Waals surface area contributed by atoms with Gasteiger partial charge in [-0.2, -0.15) is 4.31 Å². The minimum absolute atomic E-state index is 0.167. The Labute approximate surface area is 97.0 Å². The van der Waals surface area contributed by atoms with Gasteiger partial charge in [-0.25, -0.2) is 8.42 Å². The number of sulfonamides is 1. The van der Waals surface area contributed by atoms with Crippen molar-refractivity contribution in [2.24, 2.45) is 5.73 Å². The van der Waals surface area contributed by atoms with Crippen molar-refractivity contribution < 1.29 is 13.2 Å². The van der Waals surface area contributed by atoms with Crippen LogP contribution in [0.4, 0.5) is 0 Å². The summed E-state index contributed by atoms with van der Waals surface area (Å²) in [5.74, 6) is 0.